The zero-order valence-electron chi connectivity index (χ0n) is 32.1. The van der Waals surface area contributed by atoms with Crippen LogP contribution in [0.2, 0.25) is 0 Å². The van der Waals surface area contributed by atoms with Crippen LogP contribution in [0.15, 0.2) is 42.5 Å². The highest BCUT2D eigenvalue weighted by atomic mass is 16.5. The fourth-order valence-corrected chi connectivity index (χ4v) is 7.86. The minimum absolute atomic E-state index is 0.0325. The Morgan fingerprint density at radius 3 is 2.36 bits per heavy atom. The number of phenolic OH excluding ortho intramolecular Hbond substituents is 2. The first-order valence-electron chi connectivity index (χ1n) is 18.8. The van der Waals surface area contributed by atoms with Gasteiger partial charge in [0.05, 0.1) is 40.6 Å². The topological polar surface area (TPSA) is 166 Å². The summed E-state index contributed by atoms with van der Waals surface area (Å²) in [5, 5.41) is 28.1. The molecule has 292 valence electrons. The van der Waals surface area contributed by atoms with E-state index in [1.165, 1.54) is 27.4 Å². The van der Waals surface area contributed by atoms with Crippen molar-refractivity contribution in [1.82, 2.24) is 10.3 Å². The summed E-state index contributed by atoms with van der Waals surface area (Å²) < 4.78 is 28.1. The second-order valence-corrected chi connectivity index (χ2v) is 14.2. The quantitative estimate of drug-likeness (QED) is 0.124. The summed E-state index contributed by atoms with van der Waals surface area (Å²) in [7, 11) is 6.05. The van der Waals surface area contributed by atoms with Crippen LogP contribution in [0, 0.1) is 0 Å². The van der Waals surface area contributed by atoms with Crippen molar-refractivity contribution in [3.05, 3.63) is 76.0 Å². The first-order valence-corrected chi connectivity index (χ1v) is 18.8. The molecule has 0 bridgehead atoms. The van der Waals surface area contributed by atoms with Crippen LogP contribution in [-0.2, 0) is 20.7 Å². The van der Waals surface area contributed by atoms with Gasteiger partial charge in [-0.25, -0.2) is 4.79 Å². The molecular formula is C43H50N2O10. The lowest BCUT2D eigenvalue weighted by molar-refractivity contribution is -0.122. The highest BCUT2D eigenvalue weighted by Gasteiger charge is 2.34. The summed E-state index contributed by atoms with van der Waals surface area (Å²) in [4.78, 5) is 43.9. The number of nitrogens with one attached hydrogen (secondary N) is 2. The molecule has 1 aliphatic heterocycles. The van der Waals surface area contributed by atoms with Crippen LogP contribution in [0.5, 0.6) is 34.5 Å². The summed E-state index contributed by atoms with van der Waals surface area (Å²) in [6, 6.07) is 10.3. The predicted molar refractivity (Wildman–Crippen MR) is 208 cm³/mol. The van der Waals surface area contributed by atoms with Gasteiger partial charge in [-0.05, 0) is 105 Å². The average Bonchev–Trinajstić information content (AvgIpc) is 3.55. The molecule has 0 spiro atoms. The molecule has 3 atom stereocenters. The first kappa shape index (κ1) is 39.1. The summed E-state index contributed by atoms with van der Waals surface area (Å²) in [6.07, 6.45) is 8.15. The summed E-state index contributed by atoms with van der Waals surface area (Å²) in [5.41, 5.74) is 3.54. The number of ketones is 1. The van der Waals surface area contributed by atoms with Crippen molar-refractivity contribution in [3.8, 4) is 34.5 Å². The van der Waals surface area contributed by atoms with E-state index in [2.05, 4.69) is 10.3 Å². The standard InChI is InChI=1S/C43H50N2O10/c1-24-11-9-14-27(46)13-8-6-7-12-25-19-34(47)39(41(49)38(25)43(50)55-24)30(26-20-35(52-3)42(54-5)36(21-26)53-4)23-37(48)44-33-16-10-15-29-31-22-28(51-2)17-18-32(31)45-40(29)33/h7,12,17-22,24,30,33,45,47,49H,6,8-11,13-16,23H2,1-5H3,(H,44,48). The van der Waals surface area contributed by atoms with Gasteiger partial charge in [-0.2, -0.15) is 0 Å². The molecule has 1 aliphatic carbocycles. The van der Waals surface area contributed by atoms with E-state index in [9.17, 15) is 24.6 Å². The molecule has 0 fully saturated rings. The number of hydrogen-bond donors (Lipinski definition) is 4. The van der Waals surface area contributed by atoms with E-state index in [0.29, 0.717) is 67.8 Å². The van der Waals surface area contributed by atoms with E-state index in [-0.39, 0.29) is 46.6 Å². The number of H-pyrrole nitrogens is 1. The molecule has 4 N–H and O–H groups in total. The molecule has 3 aromatic carbocycles. The molecule has 2 aliphatic rings. The third kappa shape index (κ3) is 8.38. The van der Waals surface area contributed by atoms with Gasteiger partial charge in [-0.3, -0.25) is 9.59 Å². The summed E-state index contributed by atoms with van der Waals surface area (Å²) in [5.74, 6) is -1.12. The number of phenols is 2. The molecule has 4 aromatic rings. The van der Waals surface area contributed by atoms with Crippen molar-refractivity contribution in [1.29, 1.82) is 0 Å². The zero-order chi connectivity index (χ0) is 39.2. The lowest BCUT2D eigenvalue weighted by Crippen LogP contribution is -2.32. The number of aromatic hydroxyl groups is 2. The van der Waals surface area contributed by atoms with Gasteiger partial charge in [0.2, 0.25) is 11.7 Å². The highest BCUT2D eigenvalue weighted by Crippen LogP contribution is 2.48. The van der Waals surface area contributed by atoms with E-state index in [4.69, 9.17) is 23.7 Å². The lowest BCUT2D eigenvalue weighted by Gasteiger charge is -2.27. The molecule has 3 unspecified atom stereocenters. The Morgan fingerprint density at radius 1 is 0.927 bits per heavy atom. The van der Waals surface area contributed by atoms with Crippen molar-refractivity contribution in [2.75, 3.05) is 28.4 Å². The molecule has 0 radical (unpaired) electrons. The molecule has 2 heterocycles. The van der Waals surface area contributed by atoms with Gasteiger partial charge in [0.15, 0.2) is 11.5 Å². The second kappa shape index (κ2) is 17.2. The van der Waals surface area contributed by atoms with Crippen LogP contribution in [0.1, 0.15) is 115 Å². The molecule has 12 nitrogen and oxygen atoms in total. The Labute approximate surface area is 320 Å². The molecule has 55 heavy (non-hydrogen) atoms. The maximum Gasteiger partial charge on any atom is 0.342 e. The summed E-state index contributed by atoms with van der Waals surface area (Å²) >= 11 is 0. The highest BCUT2D eigenvalue weighted by molar-refractivity contribution is 5.98. The van der Waals surface area contributed by atoms with Crippen LogP contribution in [0.25, 0.3) is 17.0 Å². The van der Waals surface area contributed by atoms with Crippen LogP contribution in [0.3, 0.4) is 0 Å². The molecule has 1 amide bonds. The van der Waals surface area contributed by atoms with Gasteiger partial charge in [0.1, 0.15) is 28.6 Å². The number of hydrogen-bond acceptors (Lipinski definition) is 10. The second-order valence-electron chi connectivity index (χ2n) is 14.2. The lowest BCUT2D eigenvalue weighted by atomic mass is 9.84. The number of aromatic amines is 1. The van der Waals surface area contributed by atoms with E-state index in [1.807, 2.05) is 18.2 Å². The van der Waals surface area contributed by atoms with Gasteiger partial charge >= 0.3 is 5.97 Å². The summed E-state index contributed by atoms with van der Waals surface area (Å²) in [6.45, 7) is 1.74. The number of aryl methyl sites for hydroxylation is 1. The number of cyclic esters (lactones) is 1. The van der Waals surface area contributed by atoms with Crippen molar-refractivity contribution in [3.63, 3.8) is 0 Å². The third-order valence-electron chi connectivity index (χ3n) is 10.6. The predicted octanol–water partition coefficient (Wildman–Crippen LogP) is 7.81. The zero-order valence-corrected chi connectivity index (χ0v) is 32.1. The number of allylic oxidation sites excluding steroid dienone is 1. The fourth-order valence-electron chi connectivity index (χ4n) is 7.86. The van der Waals surface area contributed by atoms with Crippen LogP contribution in [-0.4, -0.2) is 67.4 Å². The fraction of sp³-hybridized carbons (Fsp3) is 0.419. The van der Waals surface area contributed by atoms with Crippen molar-refractivity contribution in [2.24, 2.45) is 0 Å². The smallest absolute Gasteiger partial charge is 0.342 e. The Morgan fingerprint density at radius 2 is 1.65 bits per heavy atom. The van der Waals surface area contributed by atoms with E-state index in [1.54, 1.807) is 38.3 Å². The van der Waals surface area contributed by atoms with Gasteiger partial charge in [-0.15, -0.1) is 0 Å². The monoisotopic (exact) mass is 754 g/mol. The van der Waals surface area contributed by atoms with Gasteiger partial charge in [0, 0.05) is 47.3 Å². The number of aromatic nitrogens is 1. The number of rotatable bonds is 9. The van der Waals surface area contributed by atoms with E-state index < -0.39 is 23.7 Å². The third-order valence-corrected chi connectivity index (χ3v) is 10.6. The number of esters is 1. The molecular weight excluding hydrogens is 704 g/mol. The van der Waals surface area contributed by atoms with Crippen molar-refractivity contribution < 1.29 is 48.3 Å². The number of carbonyl (C=O) groups excluding carboxylic acids is 3. The number of carbonyl (C=O) groups is 3. The SMILES string of the molecule is COc1ccc2[nH]c3c(c2c1)CCCC3NC(=O)CC(c1cc(OC)c(OC)c(OC)c1)c1c(O)cc2c(c1O)C(=O)OC(C)CCCC(=O)CCCC=C2. The number of Topliss-reactive ketones (excluding diaryl/α,β-unsaturated/α-hetero) is 1. The molecule has 0 saturated heterocycles. The number of benzene rings is 3. The number of ether oxygens (including phenoxy) is 5. The Kier molecular flexibility index (Phi) is 12.2. The van der Waals surface area contributed by atoms with Crippen LogP contribution >= 0.6 is 0 Å². The normalized spacial score (nSPS) is 18.3. The maximum atomic E-state index is 14.3. The maximum absolute atomic E-state index is 14.3. The number of methoxy groups -OCH3 is 4. The Bertz CT molecular complexity index is 2080. The molecule has 6 rings (SSSR count). The first-order chi connectivity index (χ1) is 26.6. The van der Waals surface area contributed by atoms with Gasteiger partial charge in [-0.1, -0.05) is 12.2 Å². The van der Waals surface area contributed by atoms with Crippen molar-refractivity contribution >= 4 is 34.6 Å². The van der Waals surface area contributed by atoms with Gasteiger partial charge in [0.25, 0.3) is 0 Å². The van der Waals surface area contributed by atoms with Crippen LogP contribution < -0.4 is 24.3 Å². The molecule has 0 saturated carbocycles. The number of fused-ring (bicyclic) bond motifs is 4. The Balaban J connectivity index is 1.43. The van der Waals surface area contributed by atoms with Crippen LogP contribution in [0.4, 0.5) is 0 Å². The average molecular weight is 755 g/mol. The molecule has 12 heteroatoms. The van der Waals surface area contributed by atoms with Crippen molar-refractivity contribution in [2.45, 2.75) is 89.2 Å². The Hall–Kier alpha value is -5.65. The van der Waals surface area contributed by atoms with E-state index >= 15 is 0 Å². The van der Waals surface area contributed by atoms with E-state index in [0.717, 1.165) is 40.8 Å². The minimum Gasteiger partial charge on any atom is -0.507 e. The van der Waals surface area contributed by atoms with Gasteiger partial charge < -0.3 is 44.2 Å². The number of amides is 1. The minimum atomic E-state index is -0.998. The largest absolute Gasteiger partial charge is 0.507 e. The molecule has 1 aromatic heterocycles.